The Morgan fingerprint density at radius 1 is 1.17 bits per heavy atom. The van der Waals surface area contributed by atoms with Crippen molar-refractivity contribution in [2.75, 3.05) is 0 Å². The molecule has 0 aliphatic carbocycles. The number of carbonyl (C=O) groups excluding carboxylic acids is 1. The number of rotatable bonds is 9. The third kappa shape index (κ3) is 12.3. The number of carboxylic acid groups (broad SMARTS) is 1. The van der Waals surface area contributed by atoms with Gasteiger partial charge in [0, 0.05) is 13.0 Å². The molecule has 7 nitrogen and oxygen atoms in total. The van der Waals surface area contributed by atoms with E-state index in [0.29, 0.717) is 6.54 Å². The molecule has 0 saturated heterocycles. The molecule has 0 heterocycles. The third-order valence-corrected chi connectivity index (χ3v) is 2.99. The van der Waals surface area contributed by atoms with E-state index in [4.69, 9.17) is 22.3 Å². The van der Waals surface area contributed by atoms with E-state index in [1.54, 1.807) is 0 Å². The Kier molecular flexibility index (Phi) is 11.5. The van der Waals surface area contributed by atoms with Gasteiger partial charge >= 0.3 is 5.97 Å². The minimum atomic E-state index is -0.970. The average molecular weight is 324 g/mol. The zero-order valence-electron chi connectivity index (χ0n) is 13.6. The van der Waals surface area contributed by atoms with Gasteiger partial charge in [-0.1, -0.05) is 43.7 Å². The fraction of sp³-hybridized carbons (Fsp3) is 0.500. The molecule has 1 aromatic carbocycles. The average Bonchev–Trinajstić information content (AvgIpc) is 2.48. The van der Waals surface area contributed by atoms with Crippen LogP contribution in [0.25, 0.3) is 0 Å². The standard InChI is InChI=1S/C12H16N2O3.C4H12N2/c13-11(15)7-6-10(12(16)17)14-8-9-4-2-1-3-5-9;1-2-3-4(5)6/h1-5,10,14H,6-8H2,(H2,13,15)(H,16,17);4H,2-3,5-6H2,1H3. The van der Waals surface area contributed by atoms with Crippen molar-refractivity contribution >= 4 is 11.9 Å². The number of amides is 1. The van der Waals surface area contributed by atoms with Gasteiger partial charge in [-0.25, -0.2) is 0 Å². The molecular weight excluding hydrogens is 296 g/mol. The van der Waals surface area contributed by atoms with Crippen LogP contribution >= 0.6 is 0 Å². The largest absolute Gasteiger partial charge is 0.480 e. The number of carbonyl (C=O) groups is 2. The summed E-state index contributed by atoms with van der Waals surface area (Å²) in [5, 5.41) is 11.8. The third-order valence-electron chi connectivity index (χ3n) is 2.99. The molecule has 0 aliphatic rings. The summed E-state index contributed by atoms with van der Waals surface area (Å²) < 4.78 is 0. The van der Waals surface area contributed by atoms with E-state index >= 15 is 0 Å². The molecule has 0 aromatic heterocycles. The van der Waals surface area contributed by atoms with Crippen LogP contribution in [0.3, 0.4) is 0 Å². The van der Waals surface area contributed by atoms with Gasteiger partial charge in [0.1, 0.15) is 6.04 Å². The molecule has 7 heteroatoms. The molecule has 1 amide bonds. The molecular formula is C16H28N4O3. The van der Waals surface area contributed by atoms with Crippen molar-refractivity contribution in [1.29, 1.82) is 0 Å². The minimum Gasteiger partial charge on any atom is -0.480 e. The summed E-state index contributed by atoms with van der Waals surface area (Å²) >= 11 is 0. The highest BCUT2D eigenvalue weighted by Crippen LogP contribution is 2.02. The summed E-state index contributed by atoms with van der Waals surface area (Å²) in [7, 11) is 0. The Hall–Kier alpha value is -1.96. The van der Waals surface area contributed by atoms with Crippen molar-refractivity contribution in [1.82, 2.24) is 5.32 Å². The first kappa shape index (κ1) is 21.0. The predicted molar refractivity (Wildman–Crippen MR) is 90.2 cm³/mol. The first-order valence-corrected chi connectivity index (χ1v) is 7.66. The van der Waals surface area contributed by atoms with Gasteiger partial charge in [0.25, 0.3) is 0 Å². The molecule has 130 valence electrons. The number of hydrogen-bond acceptors (Lipinski definition) is 5. The molecule has 0 bridgehead atoms. The van der Waals surface area contributed by atoms with Crippen LogP contribution in [0, 0.1) is 0 Å². The second-order valence-electron chi connectivity index (χ2n) is 5.21. The fourth-order valence-electron chi connectivity index (χ4n) is 1.77. The van der Waals surface area contributed by atoms with Crippen LogP contribution in [0.1, 0.15) is 38.2 Å². The second-order valence-corrected chi connectivity index (χ2v) is 5.21. The zero-order valence-corrected chi connectivity index (χ0v) is 13.6. The van der Waals surface area contributed by atoms with Crippen LogP contribution in [0.4, 0.5) is 0 Å². The van der Waals surface area contributed by atoms with Gasteiger partial charge in [-0.2, -0.15) is 0 Å². The first-order chi connectivity index (χ1) is 10.9. The second kappa shape index (κ2) is 12.6. The highest BCUT2D eigenvalue weighted by atomic mass is 16.4. The topological polar surface area (TPSA) is 144 Å². The van der Waals surface area contributed by atoms with E-state index in [0.717, 1.165) is 18.4 Å². The van der Waals surface area contributed by atoms with E-state index in [9.17, 15) is 9.59 Å². The van der Waals surface area contributed by atoms with Gasteiger partial charge < -0.3 is 27.6 Å². The van der Waals surface area contributed by atoms with Crippen LogP contribution in [-0.4, -0.2) is 29.2 Å². The number of nitrogens with one attached hydrogen (secondary N) is 1. The maximum atomic E-state index is 10.9. The van der Waals surface area contributed by atoms with E-state index < -0.39 is 17.9 Å². The Labute approximate surface area is 137 Å². The van der Waals surface area contributed by atoms with Crippen molar-refractivity contribution in [2.45, 2.75) is 51.4 Å². The lowest BCUT2D eigenvalue weighted by Gasteiger charge is -2.13. The maximum absolute atomic E-state index is 10.9. The van der Waals surface area contributed by atoms with E-state index in [1.807, 2.05) is 30.3 Å². The van der Waals surface area contributed by atoms with Crippen molar-refractivity contribution in [3.63, 3.8) is 0 Å². The van der Waals surface area contributed by atoms with Crippen LogP contribution in [0.15, 0.2) is 30.3 Å². The molecule has 23 heavy (non-hydrogen) atoms. The zero-order chi connectivity index (χ0) is 17.7. The van der Waals surface area contributed by atoms with Gasteiger partial charge in [-0.05, 0) is 18.4 Å². The number of hydrogen-bond donors (Lipinski definition) is 5. The van der Waals surface area contributed by atoms with Crippen LogP contribution in [0.2, 0.25) is 0 Å². The van der Waals surface area contributed by atoms with Gasteiger partial charge in [-0.15, -0.1) is 0 Å². The summed E-state index contributed by atoms with van der Waals surface area (Å²) in [5.74, 6) is -1.46. The normalized spacial score (nSPS) is 11.5. The van der Waals surface area contributed by atoms with Crippen LogP contribution in [-0.2, 0) is 16.1 Å². The Balaban J connectivity index is 0.000000688. The highest BCUT2D eigenvalue weighted by molar-refractivity contribution is 5.77. The Morgan fingerprint density at radius 3 is 2.17 bits per heavy atom. The summed E-state index contributed by atoms with van der Waals surface area (Å²) in [6.45, 7) is 2.52. The molecule has 8 N–H and O–H groups in total. The number of benzene rings is 1. The molecule has 1 aromatic rings. The lowest BCUT2D eigenvalue weighted by atomic mass is 10.1. The number of aliphatic carboxylic acids is 1. The fourth-order valence-corrected chi connectivity index (χ4v) is 1.77. The van der Waals surface area contributed by atoms with Gasteiger partial charge in [0.05, 0.1) is 6.17 Å². The lowest BCUT2D eigenvalue weighted by Crippen LogP contribution is -2.37. The molecule has 1 rings (SSSR count). The SMILES string of the molecule is CCCC(N)N.NC(=O)CCC(NCc1ccccc1)C(=O)O. The lowest BCUT2D eigenvalue weighted by molar-refractivity contribution is -0.139. The molecule has 0 radical (unpaired) electrons. The van der Waals surface area contributed by atoms with Crippen molar-refractivity contribution in [3.8, 4) is 0 Å². The van der Waals surface area contributed by atoms with E-state index in [1.165, 1.54) is 0 Å². The van der Waals surface area contributed by atoms with Gasteiger partial charge in [-0.3, -0.25) is 9.59 Å². The predicted octanol–water partition coefficient (Wildman–Crippen LogP) is 0.525. The molecule has 0 spiro atoms. The molecule has 1 atom stereocenters. The van der Waals surface area contributed by atoms with E-state index in [-0.39, 0.29) is 19.0 Å². The van der Waals surface area contributed by atoms with Crippen LogP contribution < -0.4 is 22.5 Å². The summed E-state index contributed by atoms with van der Waals surface area (Å²) in [5.41, 5.74) is 16.3. The summed E-state index contributed by atoms with van der Waals surface area (Å²) in [4.78, 5) is 21.5. The number of nitrogens with two attached hydrogens (primary N) is 3. The van der Waals surface area contributed by atoms with Gasteiger partial charge in [0.2, 0.25) is 5.91 Å². The van der Waals surface area contributed by atoms with E-state index in [2.05, 4.69) is 12.2 Å². The number of carboxylic acids is 1. The van der Waals surface area contributed by atoms with Crippen LogP contribution in [0.5, 0.6) is 0 Å². The smallest absolute Gasteiger partial charge is 0.320 e. The Morgan fingerprint density at radius 2 is 1.78 bits per heavy atom. The minimum absolute atomic E-state index is 0.0682. The molecule has 0 saturated carbocycles. The molecule has 1 unspecified atom stereocenters. The van der Waals surface area contributed by atoms with Gasteiger partial charge in [0.15, 0.2) is 0 Å². The van der Waals surface area contributed by atoms with Crippen molar-refractivity contribution in [3.05, 3.63) is 35.9 Å². The maximum Gasteiger partial charge on any atom is 0.320 e. The molecule has 0 fully saturated rings. The monoisotopic (exact) mass is 324 g/mol. The molecule has 0 aliphatic heterocycles. The Bertz CT molecular complexity index is 452. The summed E-state index contributed by atoms with van der Waals surface area (Å²) in [6.07, 6.45) is 2.18. The quantitative estimate of drug-likeness (QED) is 0.419. The summed E-state index contributed by atoms with van der Waals surface area (Å²) in [6, 6.07) is 8.72. The van der Waals surface area contributed by atoms with Crippen molar-refractivity contribution < 1.29 is 14.7 Å². The van der Waals surface area contributed by atoms with Crippen molar-refractivity contribution in [2.24, 2.45) is 17.2 Å². The highest BCUT2D eigenvalue weighted by Gasteiger charge is 2.17. The first-order valence-electron chi connectivity index (χ1n) is 7.66. The number of primary amides is 1.